The van der Waals surface area contributed by atoms with E-state index in [9.17, 15) is 4.79 Å². The van der Waals surface area contributed by atoms with Crippen LogP contribution in [-0.2, 0) is 9.53 Å². The Morgan fingerprint density at radius 1 is 1.41 bits per heavy atom. The predicted octanol–water partition coefficient (Wildman–Crippen LogP) is 2.16. The van der Waals surface area contributed by atoms with E-state index in [0.29, 0.717) is 12.2 Å². The summed E-state index contributed by atoms with van der Waals surface area (Å²) in [5.74, 6) is -0.373. The zero-order chi connectivity index (χ0) is 13.3. The molecule has 0 atom stereocenters. The number of ether oxygens (including phenoxy) is 1. The largest absolute Gasteiger partial charge is 0.463 e. The first-order chi connectivity index (χ1) is 7.97. The second-order valence-corrected chi connectivity index (χ2v) is 3.60. The molecule has 94 valence electrons. The van der Waals surface area contributed by atoms with Crippen LogP contribution in [0.4, 0.5) is 0 Å². The molecule has 0 aromatic rings. The zero-order valence-corrected chi connectivity index (χ0v) is 10.9. The van der Waals surface area contributed by atoms with Gasteiger partial charge < -0.3 is 9.64 Å². The molecular weight excluding hydrogens is 216 g/mol. The van der Waals surface area contributed by atoms with Gasteiger partial charge in [-0.3, -0.25) is 4.99 Å². The van der Waals surface area contributed by atoms with E-state index in [0.717, 1.165) is 5.70 Å². The fourth-order valence-corrected chi connectivity index (χ4v) is 0.765. The van der Waals surface area contributed by atoms with Crippen molar-refractivity contribution in [2.45, 2.75) is 13.8 Å². The Hall–Kier alpha value is -1.84. The third-order valence-corrected chi connectivity index (χ3v) is 1.93. The molecule has 0 aromatic carbocycles. The number of hydrogen-bond acceptors (Lipinski definition) is 4. The van der Waals surface area contributed by atoms with Gasteiger partial charge in [0.2, 0.25) is 0 Å². The van der Waals surface area contributed by atoms with E-state index in [1.165, 1.54) is 6.08 Å². The van der Waals surface area contributed by atoms with E-state index in [2.05, 4.69) is 11.6 Å². The minimum absolute atomic E-state index is 0.370. The Balaban J connectivity index is 4.23. The van der Waals surface area contributed by atoms with Gasteiger partial charge in [-0.1, -0.05) is 6.58 Å². The first-order valence-electron chi connectivity index (χ1n) is 5.38. The van der Waals surface area contributed by atoms with E-state index in [4.69, 9.17) is 4.74 Å². The van der Waals surface area contributed by atoms with Gasteiger partial charge in [-0.2, -0.15) is 0 Å². The molecule has 0 heterocycles. The molecule has 0 fully saturated rings. The molecule has 0 bridgehead atoms. The van der Waals surface area contributed by atoms with Gasteiger partial charge in [0.1, 0.15) is 0 Å². The Morgan fingerprint density at radius 3 is 2.59 bits per heavy atom. The van der Waals surface area contributed by atoms with E-state index in [1.807, 2.05) is 25.9 Å². The Bertz CT molecular complexity index is 352. The van der Waals surface area contributed by atoms with Crippen molar-refractivity contribution < 1.29 is 9.53 Å². The van der Waals surface area contributed by atoms with Crippen molar-refractivity contribution in [2.24, 2.45) is 4.99 Å². The lowest BCUT2D eigenvalue weighted by atomic mass is 10.3. The maximum atomic E-state index is 11.0. The zero-order valence-electron chi connectivity index (χ0n) is 10.9. The van der Waals surface area contributed by atoms with Crippen LogP contribution in [0.1, 0.15) is 13.8 Å². The Morgan fingerprint density at radius 2 is 2.06 bits per heavy atom. The SMILES string of the molecule is C=C(/C=N\C=C(/C)N(C)C)/C=C/C(=O)OCC. The van der Waals surface area contributed by atoms with Crippen LogP contribution in [-0.4, -0.2) is 37.8 Å². The fraction of sp³-hybridized carbons (Fsp3) is 0.385. The molecule has 17 heavy (non-hydrogen) atoms. The molecule has 0 aromatic heterocycles. The highest BCUT2D eigenvalue weighted by atomic mass is 16.5. The summed E-state index contributed by atoms with van der Waals surface area (Å²) in [7, 11) is 3.88. The van der Waals surface area contributed by atoms with E-state index in [1.54, 1.807) is 25.4 Å². The third kappa shape index (κ3) is 8.02. The molecule has 4 heteroatoms. The predicted molar refractivity (Wildman–Crippen MR) is 70.8 cm³/mol. The lowest BCUT2D eigenvalue weighted by Crippen LogP contribution is -2.07. The van der Waals surface area contributed by atoms with Crippen molar-refractivity contribution in [1.82, 2.24) is 4.90 Å². The van der Waals surface area contributed by atoms with Crippen molar-refractivity contribution in [2.75, 3.05) is 20.7 Å². The van der Waals surface area contributed by atoms with Crippen molar-refractivity contribution in [3.05, 3.63) is 36.2 Å². The number of esters is 1. The second kappa shape index (κ2) is 8.33. The van der Waals surface area contributed by atoms with Crippen LogP contribution >= 0.6 is 0 Å². The van der Waals surface area contributed by atoms with Gasteiger partial charge in [-0.25, -0.2) is 4.79 Å². The van der Waals surface area contributed by atoms with Gasteiger partial charge in [0.15, 0.2) is 0 Å². The van der Waals surface area contributed by atoms with Crippen molar-refractivity contribution >= 4 is 12.2 Å². The van der Waals surface area contributed by atoms with Gasteiger partial charge in [0.25, 0.3) is 0 Å². The molecular formula is C13H20N2O2. The average molecular weight is 236 g/mol. The van der Waals surface area contributed by atoms with E-state index in [-0.39, 0.29) is 5.97 Å². The number of rotatable bonds is 6. The van der Waals surface area contributed by atoms with E-state index < -0.39 is 0 Å². The maximum Gasteiger partial charge on any atom is 0.330 e. The van der Waals surface area contributed by atoms with Gasteiger partial charge >= 0.3 is 5.97 Å². The van der Waals surface area contributed by atoms with Crippen molar-refractivity contribution in [3.8, 4) is 0 Å². The maximum absolute atomic E-state index is 11.0. The molecule has 4 nitrogen and oxygen atoms in total. The first kappa shape index (κ1) is 15.2. The van der Waals surface area contributed by atoms with Gasteiger partial charge in [-0.05, 0) is 25.5 Å². The first-order valence-corrected chi connectivity index (χ1v) is 5.38. The summed E-state index contributed by atoms with van der Waals surface area (Å²) in [5.41, 5.74) is 1.67. The summed E-state index contributed by atoms with van der Waals surface area (Å²) in [4.78, 5) is 17.0. The molecule has 0 saturated carbocycles. The molecule has 0 unspecified atom stereocenters. The number of aliphatic imine (C=N–C) groups is 1. The number of nitrogens with zero attached hydrogens (tertiary/aromatic N) is 2. The molecule has 0 N–H and O–H groups in total. The van der Waals surface area contributed by atoms with Crippen LogP contribution in [0.15, 0.2) is 41.2 Å². The number of carbonyl (C=O) groups is 1. The minimum Gasteiger partial charge on any atom is -0.463 e. The summed E-state index contributed by atoms with van der Waals surface area (Å²) in [6, 6.07) is 0. The van der Waals surface area contributed by atoms with Gasteiger partial charge in [0, 0.05) is 38.3 Å². The van der Waals surface area contributed by atoms with Crippen LogP contribution in [0.3, 0.4) is 0 Å². The fourth-order valence-electron chi connectivity index (χ4n) is 0.765. The quantitative estimate of drug-likeness (QED) is 0.307. The van der Waals surface area contributed by atoms with Crippen LogP contribution in [0.25, 0.3) is 0 Å². The van der Waals surface area contributed by atoms with Gasteiger partial charge in [0.05, 0.1) is 6.61 Å². The topological polar surface area (TPSA) is 41.9 Å². The summed E-state index contributed by atoms with van der Waals surface area (Å²) in [6.45, 7) is 7.82. The average Bonchev–Trinajstić information content (AvgIpc) is 2.26. The normalized spacial score (nSPS) is 12.1. The standard InChI is InChI=1S/C13H20N2O2/c1-6-17-13(16)8-7-11(2)9-14-10-12(3)15(4)5/h7-10H,2,6H2,1,3-5H3/b8-7+,12-10+,14-9-. The summed E-state index contributed by atoms with van der Waals surface area (Å²) in [6.07, 6.45) is 6.22. The molecule has 0 spiro atoms. The minimum atomic E-state index is -0.373. The van der Waals surface area contributed by atoms with Crippen LogP contribution in [0, 0.1) is 0 Å². The molecule has 0 radical (unpaired) electrons. The Kier molecular flexibility index (Phi) is 7.43. The molecule has 0 aliphatic heterocycles. The molecule has 0 amide bonds. The van der Waals surface area contributed by atoms with Crippen molar-refractivity contribution in [3.63, 3.8) is 0 Å². The molecule has 0 aliphatic rings. The third-order valence-electron chi connectivity index (χ3n) is 1.93. The monoisotopic (exact) mass is 236 g/mol. The number of carbonyl (C=O) groups excluding carboxylic acids is 1. The molecule has 0 aliphatic carbocycles. The molecule has 0 saturated heterocycles. The highest BCUT2D eigenvalue weighted by Crippen LogP contribution is 1.97. The van der Waals surface area contributed by atoms with Crippen LogP contribution < -0.4 is 0 Å². The van der Waals surface area contributed by atoms with Crippen LogP contribution in [0.2, 0.25) is 0 Å². The van der Waals surface area contributed by atoms with Crippen molar-refractivity contribution in [1.29, 1.82) is 0 Å². The highest BCUT2D eigenvalue weighted by Gasteiger charge is 1.92. The van der Waals surface area contributed by atoms with Gasteiger partial charge in [-0.15, -0.1) is 0 Å². The van der Waals surface area contributed by atoms with E-state index >= 15 is 0 Å². The summed E-state index contributed by atoms with van der Waals surface area (Å²) < 4.78 is 4.74. The van der Waals surface area contributed by atoms with Crippen LogP contribution in [0.5, 0.6) is 0 Å². The Labute approximate surface area is 103 Å². The highest BCUT2D eigenvalue weighted by molar-refractivity contribution is 5.87. The smallest absolute Gasteiger partial charge is 0.330 e. The molecule has 0 rings (SSSR count). The number of allylic oxidation sites excluding steroid dienone is 3. The lowest BCUT2D eigenvalue weighted by Gasteiger charge is -2.10. The summed E-state index contributed by atoms with van der Waals surface area (Å²) >= 11 is 0. The number of hydrogen-bond donors (Lipinski definition) is 0. The second-order valence-electron chi connectivity index (χ2n) is 3.60. The summed E-state index contributed by atoms with van der Waals surface area (Å²) in [5, 5.41) is 0. The lowest BCUT2D eigenvalue weighted by molar-refractivity contribution is -0.137.